The molecule has 0 unspecified atom stereocenters. The van der Waals surface area contributed by atoms with Gasteiger partial charge in [0.15, 0.2) is 0 Å². The van der Waals surface area contributed by atoms with Crippen molar-refractivity contribution in [3.05, 3.63) is 36.5 Å². The Morgan fingerprint density at radius 1 is 0.706 bits per heavy atom. The number of aliphatic hydroxyl groups excluding tert-OH is 3. The minimum absolute atomic E-state index is 0. The summed E-state index contributed by atoms with van der Waals surface area (Å²) in [7, 11) is 0. The van der Waals surface area contributed by atoms with Gasteiger partial charge in [-0.1, -0.05) is 36.5 Å². The van der Waals surface area contributed by atoms with Gasteiger partial charge in [-0.05, 0) is 20.8 Å². The summed E-state index contributed by atoms with van der Waals surface area (Å²) in [5.74, 6) is 0. The minimum Gasteiger partial charge on any atom is -0.412 e. The first-order chi connectivity index (χ1) is 6.81. The van der Waals surface area contributed by atoms with Gasteiger partial charge in [0.05, 0.1) is 19.8 Å². The Hall–Kier alpha value is -0.226. The van der Waals surface area contributed by atoms with Gasteiger partial charge < -0.3 is 20.8 Å². The van der Waals surface area contributed by atoms with Crippen LogP contribution in [0.5, 0.6) is 0 Å². The standard InChI is InChI=1S/3C4H8O.H2O.Ti/c3*1-4(2)3-5;;/h3*5H,1,3H2,2H3;1H2;. The maximum Gasteiger partial charge on any atom is 0.0636 e. The van der Waals surface area contributed by atoms with E-state index in [1.54, 1.807) is 20.8 Å². The van der Waals surface area contributed by atoms with Gasteiger partial charge >= 0.3 is 0 Å². The van der Waals surface area contributed by atoms with E-state index in [4.69, 9.17) is 15.3 Å². The predicted octanol–water partition coefficient (Wildman–Crippen LogP) is 0.837. The summed E-state index contributed by atoms with van der Waals surface area (Å²) >= 11 is 0. The summed E-state index contributed by atoms with van der Waals surface area (Å²) < 4.78 is 0. The molecule has 5 heteroatoms. The molecule has 0 aromatic carbocycles. The van der Waals surface area contributed by atoms with E-state index in [-0.39, 0.29) is 47.0 Å². The average molecular weight is 282 g/mol. The van der Waals surface area contributed by atoms with Crippen LogP contribution in [0.25, 0.3) is 0 Å². The van der Waals surface area contributed by atoms with E-state index in [1.807, 2.05) is 0 Å². The smallest absolute Gasteiger partial charge is 0.0636 e. The molecule has 0 rings (SSSR count). The largest absolute Gasteiger partial charge is 0.412 e. The van der Waals surface area contributed by atoms with Gasteiger partial charge in [-0.2, -0.15) is 0 Å². The van der Waals surface area contributed by atoms with Crippen molar-refractivity contribution in [1.82, 2.24) is 0 Å². The van der Waals surface area contributed by atoms with Crippen LogP contribution in [0, 0.1) is 0 Å². The number of aliphatic hydroxyl groups is 3. The third-order valence-corrected chi connectivity index (χ3v) is 0.810. The summed E-state index contributed by atoms with van der Waals surface area (Å²) in [6.07, 6.45) is 0. The molecule has 0 saturated heterocycles. The Kier molecular flexibility index (Phi) is 44.0. The molecular weight excluding hydrogens is 256 g/mol. The van der Waals surface area contributed by atoms with Gasteiger partial charge in [0.2, 0.25) is 0 Å². The maximum atomic E-state index is 8.04. The van der Waals surface area contributed by atoms with Crippen LogP contribution in [-0.2, 0) is 21.7 Å². The number of rotatable bonds is 3. The molecule has 0 aliphatic heterocycles. The van der Waals surface area contributed by atoms with Gasteiger partial charge in [-0.3, -0.25) is 0 Å². The summed E-state index contributed by atoms with van der Waals surface area (Å²) in [4.78, 5) is 0. The summed E-state index contributed by atoms with van der Waals surface area (Å²) in [5.41, 5.74) is 2.43. The third kappa shape index (κ3) is 89.8. The number of hydrogen-bond acceptors (Lipinski definition) is 3. The molecule has 0 amide bonds. The van der Waals surface area contributed by atoms with Gasteiger partial charge in [-0.25, -0.2) is 0 Å². The topological polar surface area (TPSA) is 92.2 Å². The van der Waals surface area contributed by atoms with Crippen LogP contribution in [0.15, 0.2) is 36.5 Å². The molecule has 102 valence electrons. The van der Waals surface area contributed by atoms with Crippen LogP contribution >= 0.6 is 0 Å². The van der Waals surface area contributed by atoms with Crippen molar-refractivity contribution in [2.45, 2.75) is 20.8 Å². The van der Waals surface area contributed by atoms with Crippen molar-refractivity contribution in [2.24, 2.45) is 0 Å². The Morgan fingerprint density at radius 3 is 0.765 bits per heavy atom. The van der Waals surface area contributed by atoms with Crippen LogP contribution in [0.4, 0.5) is 0 Å². The second-order valence-electron chi connectivity index (χ2n) is 3.35. The molecule has 0 heterocycles. The predicted molar refractivity (Wildman–Crippen MR) is 69.3 cm³/mol. The van der Waals surface area contributed by atoms with E-state index in [2.05, 4.69) is 19.7 Å². The first-order valence-corrected chi connectivity index (χ1v) is 4.57. The van der Waals surface area contributed by atoms with E-state index >= 15 is 0 Å². The maximum absolute atomic E-state index is 8.04. The second kappa shape index (κ2) is 24.8. The molecule has 0 aliphatic carbocycles. The van der Waals surface area contributed by atoms with Crippen molar-refractivity contribution in [1.29, 1.82) is 0 Å². The SMILES string of the molecule is C=C(C)CO.C=C(C)CO.C=C(C)CO.O.[Ti]. The molecule has 0 aromatic heterocycles. The molecule has 0 aliphatic rings. The van der Waals surface area contributed by atoms with Crippen LogP contribution in [-0.4, -0.2) is 40.6 Å². The second-order valence-corrected chi connectivity index (χ2v) is 3.35. The zero-order chi connectivity index (χ0) is 12.9. The Morgan fingerprint density at radius 2 is 0.765 bits per heavy atom. The molecule has 0 radical (unpaired) electrons. The van der Waals surface area contributed by atoms with E-state index in [9.17, 15) is 0 Å². The molecule has 0 aromatic rings. The first kappa shape index (κ1) is 30.1. The van der Waals surface area contributed by atoms with Gasteiger partial charge in [-0.15, -0.1) is 0 Å². The Bertz CT molecular complexity index is 158. The fraction of sp³-hybridized carbons (Fsp3) is 0.500. The van der Waals surface area contributed by atoms with E-state index in [1.165, 1.54) is 0 Å². The molecular formula is C12H26O4Ti. The van der Waals surface area contributed by atoms with E-state index in [0.717, 1.165) is 16.7 Å². The molecule has 0 atom stereocenters. The molecule has 17 heavy (non-hydrogen) atoms. The first-order valence-electron chi connectivity index (χ1n) is 4.57. The summed E-state index contributed by atoms with van der Waals surface area (Å²) in [6.45, 7) is 15.9. The quantitative estimate of drug-likeness (QED) is 0.529. The Balaban J connectivity index is -0.0000000400. The monoisotopic (exact) mass is 282 g/mol. The third-order valence-electron chi connectivity index (χ3n) is 0.810. The van der Waals surface area contributed by atoms with Crippen molar-refractivity contribution >= 4 is 0 Å². The van der Waals surface area contributed by atoms with Crippen molar-refractivity contribution in [3.8, 4) is 0 Å². The van der Waals surface area contributed by atoms with Gasteiger partial charge in [0.1, 0.15) is 0 Å². The van der Waals surface area contributed by atoms with Crippen LogP contribution < -0.4 is 0 Å². The number of hydrogen-bond donors (Lipinski definition) is 3. The van der Waals surface area contributed by atoms with Crippen LogP contribution in [0.2, 0.25) is 0 Å². The van der Waals surface area contributed by atoms with Gasteiger partial charge in [0.25, 0.3) is 0 Å². The molecule has 0 saturated carbocycles. The zero-order valence-corrected chi connectivity index (χ0v) is 12.6. The summed E-state index contributed by atoms with van der Waals surface area (Å²) in [5, 5.41) is 24.1. The average Bonchev–Trinajstić information content (AvgIpc) is 2.19. The fourth-order valence-electron chi connectivity index (χ4n) is 0. The van der Waals surface area contributed by atoms with Gasteiger partial charge in [0, 0.05) is 21.7 Å². The molecule has 4 nitrogen and oxygen atoms in total. The molecule has 0 spiro atoms. The molecule has 5 N–H and O–H groups in total. The summed E-state index contributed by atoms with van der Waals surface area (Å²) in [6, 6.07) is 0. The van der Waals surface area contributed by atoms with E-state index in [0.29, 0.717) is 0 Å². The van der Waals surface area contributed by atoms with Crippen molar-refractivity contribution < 1.29 is 42.5 Å². The fourth-order valence-corrected chi connectivity index (χ4v) is 0. The minimum atomic E-state index is 0. The van der Waals surface area contributed by atoms with Crippen molar-refractivity contribution in [2.75, 3.05) is 19.8 Å². The van der Waals surface area contributed by atoms with E-state index < -0.39 is 0 Å². The van der Waals surface area contributed by atoms with Crippen LogP contribution in [0.3, 0.4) is 0 Å². The Labute approximate surface area is 120 Å². The van der Waals surface area contributed by atoms with Crippen molar-refractivity contribution in [3.63, 3.8) is 0 Å². The zero-order valence-electron chi connectivity index (χ0n) is 11.1. The molecule has 0 fully saturated rings. The van der Waals surface area contributed by atoms with Crippen LogP contribution in [0.1, 0.15) is 20.8 Å². The normalized spacial score (nSPS) is 6.71. The molecule has 0 bridgehead atoms.